The van der Waals surface area contributed by atoms with E-state index in [4.69, 9.17) is 9.47 Å². The Balaban J connectivity index is 3.08. The van der Waals surface area contributed by atoms with E-state index in [9.17, 15) is 4.79 Å². The molecule has 0 aliphatic heterocycles. The van der Waals surface area contributed by atoms with Gasteiger partial charge in [-0.15, -0.1) is 0 Å². The molecule has 0 N–H and O–H groups in total. The molecule has 16 heavy (non-hydrogen) atoms. The lowest BCUT2D eigenvalue weighted by molar-refractivity contribution is -0.161. The first-order valence-corrected chi connectivity index (χ1v) is 5.65. The third-order valence-electron chi connectivity index (χ3n) is 3.08. The number of carbonyl (C=O) groups excluding carboxylic acids is 1. The standard InChI is InChI=1S/C13H20O3/c1-5-16-12(14)13(10(2)3)9-7-6-8-11(13)15-4/h6-11H,5H2,1-4H3. The largest absolute Gasteiger partial charge is 0.465 e. The van der Waals surface area contributed by atoms with Crippen molar-refractivity contribution in [3.8, 4) is 0 Å². The van der Waals surface area contributed by atoms with Crippen LogP contribution in [0.5, 0.6) is 0 Å². The molecule has 0 aromatic heterocycles. The molecule has 0 fully saturated rings. The summed E-state index contributed by atoms with van der Waals surface area (Å²) >= 11 is 0. The van der Waals surface area contributed by atoms with Crippen LogP contribution < -0.4 is 0 Å². The Labute approximate surface area is 97.1 Å². The second-order valence-electron chi connectivity index (χ2n) is 4.21. The fraction of sp³-hybridized carbons (Fsp3) is 0.615. The molecule has 0 radical (unpaired) electrons. The Morgan fingerprint density at radius 2 is 2.12 bits per heavy atom. The monoisotopic (exact) mass is 224 g/mol. The molecule has 0 amide bonds. The average Bonchev–Trinajstić information content (AvgIpc) is 2.28. The highest BCUT2D eigenvalue weighted by Crippen LogP contribution is 2.39. The molecule has 3 nitrogen and oxygen atoms in total. The van der Waals surface area contributed by atoms with Crippen LogP contribution in [-0.4, -0.2) is 25.8 Å². The van der Waals surface area contributed by atoms with Crippen LogP contribution in [0.1, 0.15) is 20.8 Å². The van der Waals surface area contributed by atoms with Crippen LogP contribution in [0.3, 0.4) is 0 Å². The van der Waals surface area contributed by atoms with Gasteiger partial charge in [0.1, 0.15) is 5.41 Å². The van der Waals surface area contributed by atoms with Crippen molar-refractivity contribution in [1.29, 1.82) is 0 Å². The van der Waals surface area contributed by atoms with E-state index in [2.05, 4.69) is 0 Å². The van der Waals surface area contributed by atoms with Crippen LogP contribution >= 0.6 is 0 Å². The molecule has 2 unspecified atom stereocenters. The van der Waals surface area contributed by atoms with E-state index in [0.717, 1.165) is 0 Å². The summed E-state index contributed by atoms with van der Waals surface area (Å²) in [5, 5.41) is 0. The van der Waals surface area contributed by atoms with E-state index in [1.54, 1.807) is 7.11 Å². The molecular weight excluding hydrogens is 204 g/mol. The SMILES string of the molecule is CCOC(=O)C1(C(C)C)C=CC=CC1OC. The lowest BCUT2D eigenvalue weighted by Gasteiger charge is -2.38. The predicted molar refractivity (Wildman–Crippen MR) is 63.0 cm³/mol. The molecule has 0 aromatic carbocycles. The van der Waals surface area contributed by atoms with Crippen molar-refractivity contribution in [2.24, 2.45) is 11.3 Å². The molecule has 0 saturated carbocycles. The van der Waals surface area contributed by atoms with Gasteiger partial charge < -0.3 is 9.47 Å². The van der Waals surface area contributed by atoms with Gasteiger partial charge in [0, 0.05) is 7.11 Å². The first kappa shape index (κ1) is 13.0. The normalized spacial score (nSPS) is 28.4. The van der Waals surface area contributed by atoms with Crippen molar-refractivity contribution in [3.63, 3.8) is 0 Å². The van der Waals surface area contributed by atoms with Crippen LogP contribution in [0.15, 0.2) is 24.3 Å². The lowest BCUT2D eigenvalue weighted by Crippen LogP contribution is -2.47. The first-order chi connectivity index (χ1) is 7.59. The highest BCUT2D eigenvalue weighted by atomic mass is 16.5. The topological polar surface area (TPSA) is 35.5 Å². The molecule has 0 bridgehead atoms. The molecule has 0 aromatic rings. The highest BCUT2D eigenvalue weighted by Gasteiger charge is 2.47. The van der Waals surface area contributed by atoms with Crippen molar-refractivity contribution >= 4 is 5.97 Å². The summed E-state index contributed by atoms with van der Waals surface area (Å²) in [6, 6.07) is 0. The minimum Gasteiger partial charge on any atom is -0.465 e. The zero-order valence-electron chi connectivity index (χ0n) is 10.4. The van der Waals surface area contributed by atoms with Gasteiger partial charge in [0.05, 0.1) is 12.7 Å². The van der Waals surface area contributed by atoms with Gasteiger partial charge in [-0.2, -0.15) is 0 Å². The van der Waals surface area contributed by atoms with Gasteiger partial charge in [-0.25, -0.2) is 0 Å². The summed E-state index contributed by atoms with van der Waals surface area (Å²) in [5.74, 6) is -0.0878. The number of hydrogen-bond acceptors (Lipinski definition) is 3. The number of hydrogen-bond donors (Lipinski definition) is 0. The molecule has 0 heterocycles. The molecule has 2 atom stereocenters. The fourth-order valence-electron chi connectivity index (χ4n) is 2.10. The van der Waals surface area contributed by atoms with Gasteiger partial charge in [-0.1, -0.05) is 38.2 Å². The molecule has 0 spiro atoms. The Kier molecular flexibility index (Phi) is 4.30. The minimum absolute atomic E-state index is 0.123. The predicted octanol–water partition coefficient (Wildman–Crippen LogP) is 2.33. The van der Waals surface area contributed by atoms with Crippen molar-refractivity contribution in [2.45, 2.75) is 26.9 Å². The van der Waals surface area contributed by atoms with Crippen molar-refractivity contribution in [3.05, 3.63) is 24.3 Å². The van der Waals surface area contributed by atoms with Gasteiger partial charge in [0.2, 0.25) is 0 Å². The molecule has 1 aliphatic carbocycles. The van der Waals surface area contributed by atoms with Gasteiger partial charge in [-0.3, -0.25) is 4.79 Å². The van der Waals surface area contributed by atoms with Crippen LogP contribution in [0.2, 0.25) is 0 Å². The third-order valence-corrected chi connectivity index (χ3v) is 3.08. The number of rotatable bonds is 4. The molecule has 3 heteroatoms. The summed E-state index contributed by atoms with van der Waals surface area (Å²) < 4.78 is 10.6. The van der Waals surface area contributed by atoms with Crippen LogP contribution in [0.4, 0.5) is 0 Å². The molecule has 0 saturated heterocycles. The number of carbonyl (C=O) groups is 1. The maximum atomic E-state index is 12.1. The van der Waals surface area contributed by atoms with E-state index < -0.39 is 5.41 Å². The Morgan fingerprint density at radius 3 is 2.62 bits per heavy atom. The molecular formula is C13H20O3. The van der Waals surface area contributed by atoms with Crippen molar-refractivity contribution in [1.82, 2.24) is 0 Å². The summed E-state index contributed by atoms with van der Waals surface area (Å²) in [4.78, 5) is 12.1. The second kappa shape index (κ2) is 5.30. The van der Waals surface area contributed by atoms with Crippen LogP contribution in [-0.2, 0) is 14.3 Å². The molecule has 90 valence electrons. The highest BCUT2D eigenvalue weighted by molar-refractivity contribution is 5.81. The van der Waals surface area contributed by atoms with Crippen molar-refractivity contribution in [2.75, 3.05) is 13.7 Å². The second-order valence-corrected chi connectivity index (χ2v) is 4.21. The quantitative estimate of drug-likeness (QED) is 0.687. The lowest BCUT2D eigenvalue weighted by atomic mass is 9.70. The van der Waals surface area contributed by atoms with Gasteiger partial charge in [0.25, 0.3) is 0 Å². The number of methoxy groups -OCH3 is 1. The zero-order valence-corrected chi connectivity index (χ0v) is 10.4. The summed E-state index contributed by atoms with van der Waals surface area (Å²) in [7, 11) is 1.62. The Hall–Kier alpha value is -1.09. The summed E-state index contributed by atoms with van der Waals surface area (Å²) in [6.07, 6.45) is 7.32. The van der Waals surface area contributed by atoms with E-state index in [0.29, 0.717) is 6.61 Å². The van der Waals surface area contributed by atoms with Gasteiger partial charge in [-0.05, 0) is 12.8 Å². The first-order valence-electron chi connectivity index (χ1n) is 5.65. The summed E-state index contributed by atoms with van der Waals surface area (Å²) in [5.41, 5.74) is -0.695. The third kappa shape index (κ3) is 2.05. The maximum absolute atomic E-state index is 12.1. The van der Waals surface area contributed by atoms with Crippen LogP contribution in [0, 0.1) is 11.3 Å². The maximum Gasteiger partial charge on any atom is 0.319 e. The van der Waals surface area contributed by atoms with E-state index in [-0.39, 0.29) is 18.0 Å². The number of esters is 1. The number of ether oxygens (including phenoxy) is 2. The van der Waals surface area contributed by atoms with E-state index in [1.165, 1.54) is 0 Å². The van der Waals surface area contributed by atoms with E-state index >= 15 is 0 Å². The molecule has 1 aliphatic rings. The molecule has 1 rings (SSSR count). The zero-order chi connectivity index (χ0) is 12.2. The van der Waals surface area contributed by atoms with E-state index in [1.807, 2.05) is 45.1 Å². The smallest absolute Gasteiger partial charge is 0.319 e. The fourth-order valence-corrected chi connectivity index (χ4v) is 2.10. The number of allylic oxidation sites excluding steroid dienone is 2. The van der Waals surface area contributed by atoms with Gasteiger partial charge >= 0.3 is 5.97 Å². The summed E-state index contributed by atoms with van der Waals surface area (Å²) in [6.45, 7) is 6.22. The van der Waals surface area contributed by atoms with Crippen LogP contribution in [0.25, 0.3) is 0 Å². The Bertz CT molecular complexity index is 304. The minimum atomic E-state index is -0.695. The Morgan fingerprint density at radius 1 is 1.44 bits per heavy atom. The average molecular weight is 224 g/mol. The van der Waals surface area contributed by atoms with Gasteiger partial charge in [0.15, 0.2) is 0 Å². The van der Waals surface area contributed by atoms with Crippen molar-refractivity contribution < 1.29 is 14.3 Å².